The summed E-state index contributed by atoms with van der Waals surface area (Å²) in [6.07, 6.45) is 37.9. The highest BCUT2D eigenvalue weighted by molar-refractivity contribution is 5.95. The van der Waals surface area contributed by atoms with Crippen molar-refractivity contribution in [3.05, 3.63) is 184 Å². The van der Waals surface area contributed by atoms with Crippen molar-refractivity contribution < 1.29 is 0 Å². The lowest BCUT2D eigenvalue weighted by Gasteiger charge is -2.36. The maximum atomic E-state index is 4.94. The predicted molar refractivity (Wildman–Crippen MR) is 206 cm³/mol. The number of hydrogen-bond donors (Lipinski definition) is 0. The number of benzene rings is 2. The van der Waals surface area contributed by atoms with Crippen LogP contribution < -0.4 is 20.9 Å². The first kappa shape index (κ1) is 31.6. The van der Waals surface area contributed by atoms with E-state index in [1.807, 2.05) is 13.1 Å². The Morgan fingerprint density at radius 1 is 0.750 bits per heavy atom. The molecule has 1 aromatic heterocycles. The Labute approximate surface area is 285 Å². The second-order valence-corrected chi connectivity index (χ2v) is 13.2. The molecule has 0 aliphatic heterocycles. The summed E-state index contributed by atoms with van der Waals surface area (Å²) < 4.78 is 0. The fraction of sp³-hybridized carbons (Fsp3) is 0.213. The van der Waals surface area contributed by atoms with Crippen LogP contribution in [0.1, 0.15) is 57.7 Å². The second-order valence-electron chi connectivity index (χ2n) is 13.2. The predicted octanol–water partition coefficient (Wildman–Crippen LogP) is 8.71. The van der Waals surface area contributed by atoms with E-state index in [9.17, 15) is 0 Å². The summed E-state index contributed by atoms with van der Waals surface area (Å²) in [5.41, 5.74) is 10.8. The van der Waals surface area contributed by atoms with E-state index in [1.54, 1.807) is 0 Å². The Kier molecular flexibility index (Phi) is 9.48. The number of fused-ring (bicyclic) bond motifs is 3. The molecule has 0 saturated heterocycles. The molecule has 1 heterocycles. The van der Waals surface area contributed by atoms with Crippen LogP contribution in [0, 0.1) is 17.8 Å². The van der Waals surface area contributed by atoms with Gasteiger partial charge in [-0.25, -0.2) is 0 Å². The van der Waals surface area contributed by atoms with Gasteiger partial charge in [0.1, 0.15) is 0 Å². The Balaban J connectivity index is 1.36. The fourth-order valence-corrected chi connectivity index (χ4v) is 8.02. The minimum absolute atomic E-state index is 0.294. The average Bonchev–Trinajstić information content (AvgIpc) is 3.14. The van der Waals surface area contributed by atoms with Crippen LogP contribution in [0.5, 0.6) is 0 Å². The third-order valence-electron chi connectivity index (χ3n) is 10.1. The molecule has 3 atom stereocenters. The zero-order valence-electron chi connectivity index (χ0n) is 28.4. The van der Waals surface area contributed by atoms with E-state index in [2.05, 4.69) is 160 Å². The van der Waals surface area contributed by atoms with Crippen LogP contribution in [0.2, 0.25) is 0 Å². The maximum Gasteiger partial charge on any atom is 0.0773 e. The molecular weight excluding hydrogens is 579 g/mol. The van der Waals surface area contributed by atoms with Gasteiger partial charge in [-0.2, -0.15) is 0 Å². The Morgan fingerprint density at radius 2 is 1.46 bits per heavy atom. The normalized spacial score (nSPS) is 21.2. The first-order valence-corrected chi connectivity index (χ1v) is 17.6. The van der Waals surface area contributed by atoms with Gasteiger partial charge in [0.15, 0.2) is 0 Å². The number of aromatic nitrogens is 1. The zero-order chi connectivity index (χ0) is 32.9. The van der Waals surface area contributed by atoms with Crippen molar-refractivity contribution in [1.82, 2.24) is 4.98 Å². The molecule has 1 heteroatoms. The molecule has 3 aromatic rings. The standard InChI is InChI=1S/C47H45N/c1-4-6-7-17-33(3)32-37(16-5-2)47-39(26-15-31-48-47)35-27-29-36(30-28-35)45-41-21-10-12-23-43(41)46(44-24-13-11-22-42(44)45)40-25-14-19-34-18-8-9-20-38(34)40/h4-13,15-24,26-27,29,31-33,41,43H,14,25,28,30H2,1-3H3/b6-4-,16-5-,17-7-,37-32+. The molecular formula is C47H45N. The van der Waals surface area contributed by atoms with Gasteiger partial charge in [0.25, 0.3) is 0 Å². The molecule has 0 amide bonds. The fourth-order valence-electron chi connectivity index (χ4n) is 8.02. The smallest absolute Gasteiger partial charge is 0.0773 e. The minimum Gasteiger partial charge on any atom is -0.256 e. The molecule has 0 fully saturated rings. The molecule has 0 spiro atoms. The van der Waals surface area contributed by atoms with Crippen LogP contribution in [0.3, 0.4) is 0 Å². The highest BCUT2D eigenvalue weighted by atomic mass is 14.7. The molecule has 0 radical (unpaired) electrons. The van der Waals surface area contributed by atoms with E-state index in [0.717, 1.165) is 31.4 Å². The molecule has 4 aliphatic rings. The monoisotopic (exact) mass is 623 g/mol. The van der Waals surface area contributed by atoms with Crippen LogP contribution in [0.15, 0.2) is 151 Å². The molecule has 48 heavy (non-hydrogen) atoms. The first-order chi connectivity index (χ1) is 23.7. The van der Waals surface area contributed by atoms with Crippen LogP contribution >= 0.6 is 0 Å². The summed E-state index contributed by atoms with van der Waals surface area (Å²) in [6, 6.07) is 22.5. The average molecular weight is 624 g/mol. The molecule has 0 N–H and O–H groups in total. The number of rotatable bonds is 8. The van der Waals surface area contributed by atoms with E-state index < -0.39 is 0 Å². The van der Waals surface area contributed by atoms with Crippen molar-refractivity contribution >= 4 is 33.9 Å². The number of hydrogen-bond acceptors (Lipinski definition) is 1. The second kappa shape index (κ2) is 14.4. The van der Waals surface area contributed by atoms with E-state index in [-0.39, 0.29) is 0 Å². The quantitative estimate of drug-likeness (QED) is 0.229. The Hall–Kier alpha value is -5.01. The topological polar surface area (TPSA) is 12.9 Å². The van der Waals surface area contributed by atoms with E-state index in [4.69, 9.17) is 4.98 Å². The molecule has 0 bridgehead atoms. The molecule has 0 saturated carbocycles. The molecule has 3 unspecified atom stereocenters. The van der Waals surface area contributed by atoms with Gasteiger partial charge in [0.2, 0.25) is 0 Å². The summed E-state index contributed by atoms with van der Waals surface area (Å²) in [6.45, 7) is 6.36. The SMILES string of the molecule is C/C=C\C=C/C(C)/C=C(\C=C/C)c1ncccc1C1=CC=C(C2=c3ccccc3=C(C3=c4ccccc4=CCC3)C3C=CC=CC23)CC1. The van der Waals surface area contributed by atoms with Crippen molar-refractivity contribution in [2.45, 2.75) is 46.5 Å². The van der Waals surface area contributed by atoms with Gasteiger partial charge in [-0.1, -0.05) is 147 Å². The molecule has 238 valence electrons. The van der Waals surface area contributed by atoms with Crippen molar-refractivity contribution in [1.29, 1.82) is 0 Å². The van der Waals surface area contributed by atoms with E-state index >= 15 is 0 Å². The van der Waals surface area contributed by atoms with Crippen molar-refractivity contribution in [2.24, 2.45) is 17.8 Å². The largest absolute Gasteiger partial charge is 0.256 e. The van der Waals surface area contributed by atoms with Gasteiger partial charge in [0.05, 0.1) is 5.69 Å². The lowest BCUT2D eigenvalue weighted by molar-refractivity contribution is 0.681. The Bertz CT molecular complexity index is 2220. The summed E-state index contributed by atoms with van der Waals surface area (Å²) in [7, 11) is 0. The zero-order valence-corrected chi connectivity index (χ0v) is 28.4. The van der Waals surface area contributed by atoms with Gasteiger partial charge in [-0.05, 0) is 106 Å². The Morgan fingerprint density at radius 3 is 2.21 bits per heavy atom. The summed E-state index contributed by atoms with van der Waals surface area (Å²) in [5.74, 6) is 0.944. The molecule has 4 aliphatic carbocycles. The molecule has 7 rings (SSSR count). The lowest BCUT2D eigenvalue weighted by Crippen LogP contribution is -2.42. The minimum atomic E-state index is 0.294. The van der Waals surface area contributed by atoms with Crippen molar-refractivity contribution in [3.63, 3.8) is 0 Å². The van der Waals surface area contributed by atoms with Crippen LogP contribution in [0.25, 0.3) is 33.9 Å². The number of nitrogens with zero attached hydrogens (tertiary/aromatic N) is 1. The third kappa shape index (κ3) is 6.18. The van der Waals surface area contributed by atoms with Gasteiger partial charge < -0.3 is 0 Å². The first-order valence-electron chi connectivity index (χ1n) is 17.6. The highest BCUT2D eigenvalue weighted by Gasteiger charge is 2.34. The van der Waals surface area contributed by atoms with Crippen LogP contribution in [-0.4, -0.2) is 4.98 Å². The van der Waals surface area contributed by atoms with E-state index in [1.165, 1.54) is 59.9 Å². The van der Waals surface area contributed by atoms with Gasteiger partial charge >= 0.3 is 0 Å². The summed E-state index contributed by atoms with van der Waals surface area (Å²) >= 11 is 0. The third-order valence-corrected chi connectivity index (χ3v) is 10.1. The van der Waals surface area contributed by atoms with Crippen molar-refractivity contribution in [2.75, 3.05) is 0 Å². The maximum absolute atomic E-state index is 4.94. The molecule has 2 aromatic carbocycles. The number of allylic oxidation sites excluding steroid dienone is 16. The summed E-state index contributed by atoms with van der Waals surface area (Å²) in [5, 5.41) is 5.59. The van der Waals surface area contributed by atoms with Crippen molar-refractivity contribution in [3.8, 4) is 0 Å². The van der Waals surface area contributed by atoms with Crippen LogP contribution in [0.4, 0.5) is 0 Å². The van der Waals surface area contributed by atoms with Gasteiger partial charge in [-0.15, -0.1) is 0 Å². The van der Waals surface area contributed by atoms with Gasteiger partial charge in [-0.3, -0.25) is 4.98 Å². The molecule has 1 nitrogen and oxygen atoms in total. The van der Waals surface area contributed by atoms with Gasteiger partial charge in [0, 0.05) is 23.6 Å². The number of pyridine rings is 1. The van der Waals surface area contributed by atoms with E-state index in [0.29, 0.717) is 17.8 Å². The lowest BCUT2D eigenvalue weighted by atomic mass is 9.68. The highest BCUT2D eigenvalue weighted by Crippen LogP contribution is 2.44. The van der Waals surface area contributed by atoms with Crippen LogP contribution in [-0.2, 0) is 0 Å². The summed E-state index contributed by atoms with van der Waals surface area (Å²) in [4.78, 5) is 4.94.